The minimum absolute atomic E-state index is 0.109. The highest BCUT2D eigenvalue weighted by Crippen LogP contribution is 2.17. The third-order valence-corrected chi connectivity index (χ3v) is 3.26. The zero-order valence-electron chi connectivity index (χ0n) is 11.8. The molecule has 0 atom stereocenters. The molecule has 0 aliphatic carbocycles. The van der Waals surface area contributed by atoms with Crippen LogP contribution < -0.4 is 5.73 Å². The quantitative estimate of drug-likeness (QED) is 0.778. The summed E-state index contributed by atoms with van der Waals surface area (Å²) >= 11 is 0. The van der Waals surface area contributed by atoms with E-state index in [0.717, 1.165) is 25.2 Å². The predicted octanol–water partition coefficient (Wildman–Crippen LogP) is 1.99. The molecule has 0 aliphatic rings. The van der Waals surface area contributed by atoms with E-state index >= 15 is 0 Å². The second-order valence-corrected chi connectivity index (χ2v) is 5.65. The van der Waals surface area contributed by atoms with Gasteiger partial charge in [0.25, 0.3) is 0 Å². The molecule has 0 aromatic heterocycles. The average molecular weight is 250 g/mol. The SMILES string of the molecule is CCN(Cc1ccc(CO)cc1)CC(C)(C)CN. The Morgan fingerprint density at radius 3 is 2.17 bits per heavy atom. The molecule has 1 aromatic rings. The summed E-state index contributed by atoms with van der Waals surface area (Å²) in [4.78, 5) is 2.40. The van der Waals surface area contributed by atoms with Crippen LogP contribution >= 0.6 is 0 Å². The van der Waals surface area contributed by atoms with E-state index in [-0.39, 0.29) is 12.0 Å². The van der Waals surface area contributed by atoms with Crippen molar-refractivity contribution >= 4 is 0 Å². The Hall–Kier alpha value is -0.900. The monoisotopic (exact) mass is 250 g/mol. The first-order valence-electron chi connectivity index (χ1n) is 6.62. The van der Waals surface area contributed by atoms with Gasteiger partial charge in [0.15, 0.2) is 0 Å². The van der Waals surface area contributed by atoms with Crippen molar-refractivity contribution in [3.63, 3.8) is 0 Å². The lowest BCUT2D eigenvalue weighted by molar-refractivity contribution is 0.183. The molecule has 3 heteroatoms. The van der Waals surface area contributed by atoms with Crippen molar-refractivity contribution in [2.75, 3.05) is 19.6 Å². The molecule has 0 bridgehead atoms. The Labute approximate surface area is 111 Å². The highest BCUT2D eigenvalue weighted by Gasteiger charge is 2.19. The van der Waals surface area contributed by atoms with Crippen molar-refractivity contribution < 1.29 is 5.11 Å². The Morgan fingerprint density at radius 1 is 1.17 bits per heavy atom. The van der Waals surface area contributed by atoms with Gasteiger partial charge in [-0.2, -0.15) is 0 Å². The zero-order valence-corrected chi connectivity index (χ0v) is 11.8. The third kappa shape index (κ3) is 4.77. The van der Waals surface area contributed by atoms with Crippen LogP contribution in [0.5, 0.6) is 0 Å². The summed E-state index contributed by atoms with van der Waals surface area (Å²) in [6.45, 7) is 10.3. The van der Waals surface area contributed by atoms with Gasteiger partial charge >= 0.3 is 0 Å². The van der Waals surface area contributed by atoms with Crippen LogP contribution in [0.1, 0.15) is 31.9 Å². The molecule has 0 saturated heterocycles. The number of aliphatic hydroxyl groups excluding tert-OH is 1. The summed E-state index contributed by atoms with van der Waals surface area (Å²) in [5.74, 6) is 0. The summed E-state index contributed by atoms with van der Waals surface area (Å²) in [6, 6.07) is 8.14. The first-order chi connectivity index (χ1) is 8.50. The van der Waals surface area contributed by atoms with E-state index in [1.165, 1.54) is 5.56 Å². The maximum absolute atomic E-state index is 9.02. The van der Waals surface area contributed by atoms with Crippen LogP contribution in [-0.2, 0) is 13.2 Å². The number of nitrogens with zero attached hydrogens (tertiary/aromatic N) is 1. The number of rotatable bonds is 7. The van der Waals surface area contributed by atoms with Crippen molar-refractivity contribution in [1.29, 1.82) is 0 Å². The van der Waals surface area contributed by atoms with Gasteiger partial charge in [-0.3, -0.25) is 4.90 Å². The number of hydrogen-bond donors (Lipinski definition) is 2. The van der Waals surface area contributed by atoms with Crippen molar-refractivity contribution in [2.24, 2.45) is 11.1 Å². The second kappa shape index (κ2) is 6.88. The van der Waals surface area contributed by atoms with Crippen LogP contribution in [0.2, 0.25) is 0 Å². The summed E-state index contributed by atoms with van der Waals surface area (Å²) in [7, 11) is 0. The van der Waals surface area contributed by atoms with Crippen LogP contribution in [0.4, 0.5) is 0 Å². The van der Waals surface area contributed by atoms with E-state index in [2.05, 4.69) is 37.8 Å². The maximum atomic E-state index is 9.02. The molecular weight excluding hydrogens is 224 g/mol. The normalized spacial score (nSPS) is 12.1. The Balaban J connectivity index is 2.62. The molecule has 3 nitrogen and oxygen atoms in total. The minimum Gasteiger partial charge on any atom is -0.392 e. The average Bonchev–Trinajstić information content (AvgIpc) is 2.38. The summed E-state index contributed by atoms with van der Waals surface area (Å²) in [6.07, 6.45) is 0. The predicted molar refractivity (Wildman–Crippen MR) is 76.2 cm³/mol. The topological polar surface area (TPSA) is 49.5 Å². The molecular formula is C15H26N2O. The fraction of sp³-hybridized carbons (Fsp3) is 0.600. The van der Waals surface area contributed by atoms with Crippen molar-refractivity contribution in [3.8, 4) is 0 Å². The number of aliphatic hydroxyl groups is 1. The van der Waals surface area contributed by atoms with Gasteiger partial charge in [0.2, 0.25) is 0 Å². The van der Waals surface area contributed by atoms with Gasteiger partial charge in [-0.25, -0.2) is 0 Å². The maximum Gasteiger partial charge on any atom is 0.0681 e. The van der Waals surface area contributed by atoms with E-state index < -0.39 is 0 Å². The van der Waals surface area contributed by atoms with E-state index in [1.807, 2.05) is 12.1 Å². The lowest BCUT2D eigenvalue weighted by atomic mass is 9.93. The van der Waals surface area contributed by atoms with E-state index in [4.69, 9.17) is 10.8 Å². The summed E-state index contributed by atoms with van der Waals surface area (Å²) in [5, 5.41) is 9.02. The van der Waals surface area contributed by atoms with Crippen LogP contribution in [0.3, 0.4) is 0 Å². The molecule has 0 amide bonds. The Bertz CT molecular complexity index is 346. The smallest absolute Gasteiger partial charge is 0.0681 e. The van der Waals surface area contributed by atoms with Gasteiger partial charge in [-0.1, -0.05) is 45.0 Å². The third-order valence-electron chi connectivity index (χ3n) is 3.26. The van der Waals surface area contributed by atoms with Gasteiger partial charge in [-0.15, -0.1) is 0 Å². The van der Waals surface area contributed by atoms with Crippen LogP contribution in [-0.4, -0.2) is 29.6 Å². The standard InChI is InChI=1S/C15H26N2O/c1-4-17(12-15(2,3)11-16)9-13-5-7-14(10-18)8-6-13/h5-8,18H,4,9-12,16H2,1-3H3. The molecule has 0 spiro atoms. The van der Waals surface area contributed by atoms with E-state index in [0.29, 0.717) is 6.54 Å². The molecule has 0 radical (unpaired) electrons. The molecule has 0 saturated carbocycles. The van der Waals surface area contributed by atoms with Crippen LogP contribution in [0.25, 0.3) is 0 Å². The van der Waals surface area contributed by atoms with E-state index in [1.54, 1.807) is 0 Å². The number of hydrogen-bond acceptors (Lipinski definition) is 3. The van der Waals surface area contributed by atoms with Crippen molar-refractivity contribution in [2.45, 2.75) is 33.9 Å². The number of nitrogens with two attached hydrogens (primary N) is 1. The molecule has 0 heterocycles. The minimum atomic E-state index is 0.109. The van der Waals surface area contributed by atoms with Gasteiger partial charge in [0.1, 0.15) is 0 Å². The van der Waals surface area contributed by atoms with Gasteiger partial charge in [-0.05, 0) is 29.6 Å². The molecule has 1 aromatic carbocycles. The first-order valence-corrected chi connectivity index (χ1v) is 6.62. The summed E-state index contributed by atoms with van der Waals surface area (Å²) < 4.78 is 0. The van der Waals surface area contributed by atoms with Crippen molar-refractivity contribution in [3.05, 3.63) is 35.4 Å². The molecule has 3 N–H and O–H groups in total. The zero-order chi connectivity index (χ0) is 13.6. The van der Waals surface area contributed by atoms with Crippen LogP contribution in [0.15, 0.2) is 24.3 Å². The lowest BCUT2D eigenvalue weighted by Gasteiger charge is -2.31. The van der Waals surface area contributed by atoms with Crippen LogP contribution in [0, 0.1) is 5.41 Å². The Morgan fingerprint density at radius 2 is 1.72 bits per heavy atom. The molecule has 0 aliphatic heterocycles. The largest absolute Gasteiger partial charge is 0.392 e. The summed E-state index contributed by atoms with van der Waals surface area (Å²) in [5.41, 5.74) is 8.18. The fourth-order valence-corrected chi connectivity index (χ4v) is 1.96. The number of benzene rings is 1. The molecule has 0 unspecified atom stereocenters. The van der Waals surface area contributed by atoms with E-state index in [9.17, 15) is 0 Å². The highest BCUT2D eigenvalue weighted by atomic mass is 16.3. The Kier molecular flexibility index (Phi) is 5.79. The first kappa shape index (κ1) is 15.2. The van der Waals surface area contributed by atoms with Gasteiger partial charge in [0, 0.05) is 13.1 Å². The molecule has 1 rings (SSSR count). The second-order valence-electron chi connectivity index (χ2n) is 5.65. The fourth-order valence-electron chi connectivity index (χ4n) is 1.96. The van der Waals surface area contributed by atoms with Gasteiger partial charge < -0.3 is 10.8 Å². The van der Waals surface area contributed by atoms with Crippen molar-refractivity contribution in [1.82, 2.24) is 4.90 Å². The molecule has 18 heavy (non-hydrogen) atoms. The van der Waals surface area contributed by atoms with Gasteiger partial charge in [0.05, 0.1) is 6.61 Å². The molecule has 0 fully saturated rings. The lowest BCUT2D eigenvalue weighted by Crippen LogP contribution is -2.38. The highest BCUT2D eigenvalue weighted by molar-refractivity contribution is 5.21. The molecule has 102 valence electrons.